The van der Waals surface area contributed by atoms with Crippen LogP contribution in [0.15, 0.2) is 18.2 Å². The quantitative estimate of drug-likeness (QED) is 0.852. The summed E-state index contributed by atoms with van der Waals surface area (Å²) < 4.78 is 5.53. The van der Waals surface area contributed by atoms with E-state index in [0.717, 1.165) is 57.3 Å². The molecule has 0 saturated heterocycles. The molecule has 0 radical (unpaired) electrons. The molecule has 2 aliphatic rings. The molecule has 0 aromatic heterocycles. The Labute approximate surface area is 126 Å². The van der Waals surface area contributed by atoms with Gasteiger partial charge in [0.2, 0.25) is 0 Å². The minimum Gasteiger partial charge on any atom is -0.493 e. The molecule has 0 unspecified atom stereocenters. The van der Waals surface area contributed by atoms with E-state index in [2.05, 4.69) is 12.1 Å². The summed E-state index contributed by atoms with van der Waals surface area (Å²) in [6, 6.07) is 6.34. The normalized spacial score (nSPS) is 20.4. The average molecular weight is 288 g/mol. The molecule has 0 amide bonds. The minimum atomic E-state index is -0.589. The molecule has 1 heterocycles. The number of carboxylic acid groups (broad SMARTS) is 1. The first kappa shape index (κ1) is 14.4. The fourth-order valence-corrected chi connectivity index (χ4v) is 3.76. The van der Waals surface area contributed by atoms with Crippen molar-refractivity contribution >= 4 is 5.97 Å². The maximum atomic E-state index is 11.8. The van der Waals surface area contributed by atoms with Crippen molar-refractivity contribution in [3.63, 3.8) is 0 Å². The summed E-state index contributed by atoms with van der Waals surface area (Å²) in [7, 11) is 0. The first-order valence-electron chi connectivity index (χ1n) is 8.18. The van der Waals surface area contributed by atoms with E-state index in [-0.39, 0.29) is 0 Å². The lowest BCUT2D eigenvalue weighted by Crippen LogP contribution is -2.31. The number of aliphatic carboxylic acids is 1. The van der Waals surface area contributed by atoms with Crippen LogP contribution in [-0.2, 0) is 17.6 Å². The number of benzene rings is 1. The molecule has 0 bridgehead atoms. The highest BCUT2D eigenvalue weighted by atomic mass is 16.5. The van der Waals surface area contributed by atoms with Crippen LogP contribution < -0.4 is 4.74 Å². The monoisotopic (exact) mass is 288 g/mol. The number of carbonyl (C=O) groups is 1. The lowest BCUT2D eigenvalue weighted by atomic mass is 9.76. The fourth-order valence-electron chi connectivity index (χ4n) is 3.76. The summed E-state index contributed by atoms with van der Waals surface area (Å²) in [4.78, 5) is 11.8. The number of carboxylic acids is 1. The second kappa shape index (κ2) is 6.08. The van der Waals surface area contributed by atoms with Crippen LogP contribution in [0.4, 0.5) is 0 Å². The zero-order valence-corrected chi connectivity index (χ0v) is 12.6. The minimum absolute atomic E-state index is 0.494. The van der Waals surface area contributed by atoms with Crippen LogP contribution in [0.25, 0.3) is 0 Å². The molecule has 1 N–H and O–H groups in total. The van der Waals surface area contributed by atoms with Gasteiger partial charge in [-0.15, -0.1) is 0 Å². The number of hydrogen-bond donors (Lipinski definition) is 1. The van der Waals surface area contributed by atoms with Crippen molar-refractivity contribution in [3.8, 4) is 5.75 Å². The Morgan fingerprint density at radius 2 is 1.95 bits per heavy atom. The zero-order valence-electron chi connectivity index (χ0n) is 12.6. The van der Waals surface area contributed by atoms with Crippen molar-refractivity contribution in [2.24, 2.45) is 5.41 Å². The van der Waals surface area contributed by atoms with Crippen LogP contribution >= 0.6 is 0 Å². The molecule has 114 valence electrons. The zero-order chi connectivity index (χ0) is 14.7. The van der Waals surface area contributed by atoms with Gasteiger partial charge in [0.15, 0.2) is 0 Å². The SMILES string of the molecule is O=C(O)C1(CCc2ccc3c(c2)CCO3)CCCCCC1. The Bertz CT molecular complexity index is 513. The Morgan fingerprint density at radius 1 is 1.19 bits per heavy atom. The van der Waals surface area contributed by atoms with Crippen molar-refractivity contribution in [1.29, 1.82) is 0 Å². The van der Waals surface area contributed by atoms with Crippen molar-refractivity contribution in [3.05, 3.63) is 29.3 Å². The van der Waals surface area contributed by atoms with E-state index in [1.165, 1.54) is 24.0 Å². The molecule has 3 heteroatoms. The van der Waals surface area contributed by atoms with Crippen molar-refractivity contribution in [1.82, 2.24) is 0 Å². The highest BCUT2D eigenvalue weighted by Gasteiger charge is 2.38. The van der Waals surface area contributed by atoms with E-state index in [1.54, 1.807) is 0 Å². The summed E-state index contributed by atoms with van der Waals surface area (Å²) in [5, 5.41) is 9.73. The molecule has 3 rings (SSSR count). The van der Waals surface area contributed by atoms with Crippen LogP contribution in [0.3, 0.4) is 0 Å². The molecular formula is C18H24O3. The van der Waals surface area contributed by atoms with Gasteiger partial charge in [-0.05, 0) is 42.9 Å². The smallest absolute Gasteiger partial charge is 0.309 e. The lowest BCUT2D eigenvalue weighted by molar-refractivity contribution is -0.150. The summed E-state index contributed by atoms with van der Waals surface area (Å²) >= 11 is 0. The van der Waals surface area contributed by atoms with Gasteiger partial charge >= 0.3 is 5.97 Å². The van der Waals surface area contributed by atoms with Gasteiger partial charge in [-0.25, -0.2) is 0 Å². The Kier molecular flexibility index (Phi) is 4.18. The summed E-state index contributed by atoms with van der Waals surface area (Å²) in [5.41, 5.74) is 2.04. The molecule has 1 aliphatic carbocycles. The molecule has 1 fully saturated rings. The van der Waals surface area contributed by atoms with Crippen LogP contribution in [0.1, 0.15) is 56.1 Å². The van der Waals surface area contributed by atoms with Crippen LogP contribution in [0, 0.1) is 5.41 Å². The second-order valence-corrected chi connectivity index (χ2v) is 6.54. The molecule has 1 aromatic rings. The van der Waals surface area contributed by atoms with E-state index in [4.69, 9.17) is 4.74 Å². The number of rotatable bonds is 4. The van der Waals surface area contributed by atoms with Crippen molar-refractivity contribution in [2.75, 3.05) is 6.61 Å². The van der Waals surface area contributed by atoms with Gasteiger partial charge in [-0.2, -0.15) is 0 Å². The third-order valence-electron chi connectivity index (χ3n) is 5.16. The highest BCUT2D eigenvalue weighted by molar-refractivity contribution is 5.74. The van der Waals surface area contributed by atoms with Gasteiger partial charge in [-0.3, -0.25) is 4.79 Å². The van der Waals surface area contributed by atoms with Gasteiger partial charge in [0.05, 0.1) is 12.0 Å². The van der Waals surface area contributed by atoms with Crippen molar-refractivity contribution < 1.29 is 14.6 Å². The maximum absolute atomic E-state index is 11.8. The Hall–Kier alpha value is -1.51. The molecule has 0 atom stereocenters. The van der Waals surface area contributed by atoms with E-state index < -0.39 is 11.4 Å². The van der Waals surface area contributed by atoms with E-state index in [0.29, 0.717) is 0 Å². The van der Waals surface area contributed by atoms with E-state index >= 15 is 0 Å². The van der Waals surface area contributed by atoms with Crippen LogP contribution in [0.2, 0.25) is 0 Å². The number of aryl methyl sites for hydroxylation is 1. The van der Waals surface area contributed by atoms with Gasteiger partial charge in [0.1, 0.15) is 5.75 Å². The van der Waals surface area contributed by atoms with Crippen LogP contribution in [0.5, 0.6) is 5.75 Å². The molecule has 0 spiro atoms. The maximum Gasteiger partial charge on any atom is 0.309 e. The van der Waals surface area contributed by atoms with E-state index in [1.807, 2.05) is 6.07 Å². The Morgan fingerprint density at radius 3 is 2.67 bits per heavy atom. The number of ether oxygens (including phenoxy) is 1. The highest BCUT2D eigenvalue weighted by Crippen LogP contribution is 2.39. The van der Waals surface area contributed by atoms with Crippen molar-refractivity contribution in [2.45, 2.75) is 57.8 Å². The predicted octanol–water partition coefficient (Wildman–Crippen LogP) is 3.98. The standard InChI is InChI=1S/C18H24O3/c19-17(20)18(9-3-1-2-4-10-18)11-7-14-5-6-16-15(13-14)8-12-21-16/h5-6,13H,1-4,7-12H2,(H,19,20). The molecule has 1 aliphatic heterocycles. The summed E-state index contributed by atoms with van der Waals surface area (Å²) in [6.45, 7) is 0.776. The molecule has 1 saturated carbocycles. The Balaban J connectivity index is 1.70. The predicted molar refractivity (Wildman–Crippen MR) is 81.7 cm³/mol. The molecule has 21 heavy (non-hydrogen) atoms. The van der Waals surface area contributed by atoms with Gasteiger partial charge in [-0.1, -0.05) is 37.8 Å². The van der Waals surface area contributed by atoms with Crippen LogP contribution in [-0.4, -0.2) is 17.7 Å². The first-order valence-corrected chi connectivity index (χ1v) is 8.18. The summed E-state index contributed by atoms with van der Waals surface area (Å²) in [5.74, 6) is 0.412. The van der Waals surface area contributed by atoms with Gasteiger partial charge in [0.25, 0.3) is 0 Å². The molecule has 1 aromatic carbocycles. The lowest BCUT2D eigenvalue weighted by Gasteiger charge is -2.28. The number of fused-ring (bicyclic) bond motifs is 1. The first-order chi connectivity index (χ1) is 10.2. The topological polar surface area (TPSA) is 46.5 Å². The largest absolute Gasteiger partial charge is 0.493 e. The fraction of sp³-hybridized carbons (Fsp3) is 0.611. The van der Waals surface area contributed by atoms with E-state index in [9.17, 15) is 9.90 Å². The third-order valence-corrected chi connectivity index (χ3v) is 5.16. The third kappa shape index (κ3) is 3.07. The average Bonchev–Trinajstić information content (AvgIpc) is 2.81. The summed E-state index contributed by atoms with van der Waals surface area (Å²) in [6.07, 6.45) is 8.78. The molecule has 3 nitrogen and oxygen atoms in total. The molecular weight excluding hydrogens is 264 g/mol. The van der Waals surface area contributed by atoms with Gasteiger partial charge < -0.3 is 9.84 Å². The van der Waals surface area contributed by atoms with Gasteiger partial charge in [0, 0.05) is 6.42 Å². The number of hydrogen-bond acceptors (Lipinski definition) is 2. The second-order valence-electron chi connectivity index (χ2n) is 6.54.